The zero-order valence-corrected chi connectivity index (χ0v) is 13.8. The van der Waals surface area contributed by atoms with E-state index >= 15 is 0 Å². The van der Waals surface area contributed by atoms with Crippen LogP contribution in [0.5, 0.6) is 0 Å². The average Bonchev–Trinajstić information content (AvgIpc) is 2.37. The summed E-state index contributed by atoms with van der Waals surface area (Å²) in [4.78, 5) is 0.0224. The monoisotopic (exact) mass is 394 g/mol. The molecule has 2 aromatic carbocycles. The van der Waals surface area contributed by atoms with Gasteiger partial charge in [0, 0.05) is 10.2 Å². The molecule has 4 nitrogen and oxygen atoms in total. The molecule has 0 aliphatic rings. The predicted molar refractivity (Wildman–Crippen MR) is 85.8 cm³/mol. The number of nitrogen functional groups attached to an aromatic ring is 1. The number of hydrogen-bond donors (Lipinski definition) is 2. The first-order valence-corrected chi connectivity index (χ1v) is 8.36. The van der Waals surface area contributed by atoms with Crippen LogP contribution in [0.2, 0.25) is 10.0 Å². The van der Waals surface area contributed by atoms with E-state index in [1.807, 2.05) is 0 Å². The van der Waals surface area contributed by atoms with Crippen LogP contribution in [0.1, 0.15) is 0 Å². The summed E-state index contributed by atoms with van der Waals surface area (Å²) >= 11 is 15.1. The van der Waals surface area contributed by atoms with Gasteiger partial charge in [0.25, 0.3) is 10.0 Å². The molecule has 0 aromatic heterocycles. The molecule has 106 valence electrons. The Kier molecular flexibility index (Phi) is 4.49. The zero-order chi connectivity index (χ0) is 14.9. The lowest BCUT2D eigenvalue weighted by atomic mass is 10.3. The van der Waals surface area contributed by atoms with Crippen LogP contribution in [-0.2, 0) is 10.0 Å². The molecule has 0 spiro atoms. The maximum Gasteiger partial charge on any atom is 0.262 e. The van der Waals surface area contributed by atoms with Crippen molar-refractivity contribution in [1.29, 1.82) is 0 Å². The highest BCUT2D eigenvalue weighted by molar-refractivity contribution is 9.10. The van der Waals surface area contributed by atoms with E-state index in [1.54, 1.807) is 24.3 Å². The first-order valence-electron chi connectivity index (χ1n) is 5.33. The van der Waals surface area contributed by atoms with Gasteiger partial charge in [0.1, 0.15) is 0 Å². The summed E-state index contributed by atoms with van der Waals surface area (Å²) in [6.07, 6.45) is 0. The van der Waals surface area contributed by atoms with Crippen LogP contribution in [-0.4, -0.2) is 8.42 Å². The van der Waals surface area contributed by atoms with Gasteiger partial charge in [0.05, 0.1) is 20.6 Å². The standard InChI is InChI=1S/C12H9BrCl2N2O2S/c13-8-5-4-7(6-11(8)16)20(18,19)17-12-9(14)2-1-3-10(12)15/h1-6,17H,16H2. The van der Waals surface area contributed by atoms with Crippen molar-refractivity contribution in [2.45, 2.75) is 4.90 Å². The molecule has 0 saturated heterocycles. The molecule has 0 bridgehead atoms. The van der Waals surface area contributed by atoms with Gasteiger partial charge in [0.2, 0.25) is 0 Å². The zero-order valence-electron chi connectivity index (χ0n) is 9.90. The molecular weight excluding hydrogens is 387 g/mol. The average molecular weight is 396 g/mol. The third-order valence-corrected chi connectivity index (χ3v) is 5.18. The summed E-state index contributed by atoms with van der Waals surface area (Å²) < 4.78 is 27.5. The third kappa shape index (κ3) is 3.20. The Morgan fingerprint density at radius 1 is 1.10 bits per heavy atom. The van der Waals surface area contributed by atoms with Crippen LogP contribution in [0, 0.1) is 0 Å². The van der Waals surface area contributed by atoms with E-state index < -0.39 is 10.0 Å². The van der Waals surface area contributed by atoms with Gasteiger partial charge in [-0.25, -0.2) is 8.42 Å². The minimum absolute atomic E-state index is 0.0224. The Balaban J connectivity index is 2.43. The molecule has 0 fully saturated rings. The van der Waals surface area contributed by atoms with E-state index in [0.29, 0.717) is 10.2 Å². The number of nitrogens with two attached hydrogens (primary N) is 1. The van der Waals surface area contributed by atoms with E-state index in [4.69, 9.17) is 28.9 Å². The summed E-state index contributed by atoms with van der Waals surface area (Å²) in [5, 5.41) is 0.428. The Labute approximate surface area is 135 Å². The van der Waals surface area contributed by atoms with E-state index in [0.717, 1.165) is 0 Å². The van der Waals surface area contributed by atoms with Crippen molar-refractivity contribution in [3.05, 3.63) is 50.9 Å². The Bertz CT molecular complexity index is 746. The number of anilines is 2. The fraction of sp³-hybridized carbons (Fsp3) is 0. The summed E-state index contributed by atoms with van der Waals surface area (Å²) in [6.45, 7) is 0. The Morgan fingerprint density at radius 2 is 1.70 bits per heavy atom. The van der Waals surface area contributed by atoms with E-state index in [9.17, 15) is 8.42 Å². The molecule has 2 aromatic rings. The lowest BCUT2D eigenvalue weighted by Gasteiger charge is -2.11. The number of rotatable bonds is 3. The highest BCUT2D eigenvalue weighted by Gasteiger charge is 2.18. The summed E-state index contributed by atoms with van der Waals surface area (Å²) in [5.41, 5.74) is 6.13. The summed E-state index contributed by atoms with van der Waals surface area (Å²) in [7, 11) is -3.82. The fourth-order valence-electron chi connectivity index (χ4n) is 1.48. The quantitative estimate of drug-likeness (QED) is 0.767. The van der Waals surface area contributed by atoms with Gasteiger partial charge in [-0.15, -0.1) is 0 Å². The van der Waals surface area contributed by atoms with Crippen molar-refractivity contribution in [2.24, 2.45) is 0 Å². The molecule has 0 amide bonds. The smallest absolute Gasteiger partial charge is 0.262 e. The SMILES string of the molecule is Nc1cc(S(=O)(=O)Nc2c(Cl)cccc2Cl)ccc1Br. The third-order valence-electron chi connectivity index (χ3n) is 2.48. The Hall–Kier alpha value is -0.950. The predicted octanol–water partition coefficient (Wildman–Crippen LogP) is 4.14. The van der Waals surface area contributed by atoms with E-state index in [1.165, 1.54) is 12.1 Å². The van der Waals surface area contributed by atoms with Crippen molar-refractivity contribution >= 4 is 60.5 Å². The van der Waals surface area contributed by atoms with Crippen molar-refractivity contribution in [3.8, 4) is 0 Å². The second-order valence-corrected chi connectivity index (χ2v) is 7.24. The minimum Gasteiger partial charge on any atom is -0.398 e. The van der Waals surface area contributed by atoms with Crippen LogP contribution in [0.3, 0.4) is 0 Å². The molecule has 0 aliphatic carbocycles. The highest BCUT2D eigenvalue weighted by Crippen LogP contribution is 2.32. The summed E-state index contributed by atoms with van der Waals surface area (Å²) in [5.74, 6) is 0. The fourth-order valence-corrected chi connectivity index (χ4v) is 3.46. The Morgan fingerprint density at radius 3 is 2.25 bits per heavy atom. The van der Waals surface area contributed by atoms with Gasteiger partial charge < -0.3 is 5.73 Å². The summed E-state index contributed by atoms with van der Waals surface area (Å²) in [6, 6.07) is 9.03. The van der Waals surface area contributed by atoms with Crippen LogP contribution >= 0.6 is 39.1 Å². The van der Waals surface area contributed by atoms with Gasteiger partial charge >= 0.3 is 0 Å². The number of hydrogen-bond acceptors (Lipinski definition) is 3. The van der Waals surface area contributed by atoms with Crippen molar-refractivity contribution in [3.63, 3.8) is 0 Å². The normalized spacial score (nSPS) is 11.3. The van der Waals surface area contributed by atoms with Gasteiger partial charge in [-0.2, -0.15) is 0 Å². The molecule has 0 heterocycles. The van der Waals surface area contributed by atoms with Crippen molar-refractivity contribution < 1.29 is 8.42 Å². The second-order valence-electron chi connectivity index (χ2n) is 3.89. The highest BCUT2D eigenvalue weighted by atomic mass is 79.9. The number of halogens is 3. The van der Waals surface area contributed by atoms with E-state index in [2.05, 4.69) is 20.7 Å². The lowest BCUT2D eigenvalue weighted by Crippen LogP contribution is -2.14. The van der Waals surface area contributed by atoms with Crippen LogP contribution < -0.4 is 10.5 Å². The molecule has 20 heavy (non-hydrogen) atoms. The molecule has 0 unspecified atom stereocenters. The van der Waals surface area contributed by atoms with Crippen LogP contribution in [0.25, 0.3) is 0 Å². The van der Waals surface area contributed by atoms with Gasteiger partial charge in [-0.05, 0) is 46.3 Å². The van der Waals surface area contributed by atoms with Gasteiger partial charge in [-0.1, -0.05) is 29.3 Å². The first-order chi connectivity index (χ1) is 9.31. The molecule has 3 N–H and O–H groups in total. The second kappa shape index (κ2) is 5.81. The van der Waals surface area contributed by atoms with Gasteiger partial charge in [0.15, 0.2) is 0 Å². The molecule has 2 rings (SSSR count). The topological polar surface area (TPSA) is 72.2 Å². The maximum absolute atomic E-state index is 12.3. The first kappa shape index (κ1) is 15.4. The number of para-hydroxylation sites is 1. The molecular formula is C12H9BrCl2N2O2S. The van der Waals surface area contributed by atoms with Crippen LogP contribution in [0.4, 0.5) is 11.4 Å². The lowest BCUT2D eigenvalue weighted by molar-refractivity contribution is 0.601. The largest absolute Gasteiger partial charge is 0.398 e. The van der Waals surface area contributed by atoms with E-state index in [-0.39, 0.29) is 20.6 Å². The van der Waals surface area contributed by atoms with Crippen LogP contribution in [0.15, 0.2) is 45.8 Å². The number of sulfonamides is 1. The number of benzene rings is 2. The number of nitrogens with one attached hydrogen (secondary N) is 1. The molecule has 0 radical (unpaired) electrons. The van der Waals surface area contributed by atoms with Gasteiger partial charge in [-0.3, -0.25) is 4.72 Å². The maximum atomic E-state index is 12.3. The van der Waals surface area contributed by atoms with Crippen molar-refractivity contribution in [1.82, 2.24) is 0 Å². The minimum atomic E-state index is -3.82. The molecule has 8 heteroatoms. The molecule has 0 saturated carbocycles. The van der Waals surface area contributed by atoms with Crippen molar-refractivity contribution in [2.75, 3.05) is 10.5 Å². The molecule has 0 aliphatic heterocycles. The molecule has 0 atom stereocenters.